The van der Waals surface area contributed by atoms with Crippen LogP contribution in [0.25, 0.3) is 0 Å². The lowest BCUT2D eigenvalue weighted by Gasteiger charge is -2.19. The fourth-order valence-electron chi connectivity index (χ4n) is 3.33. The Bertz CT molecular complexity index is 777. The van der Waals surface area contributed by atoms with E-state index >= 15 is 0 Å². The zero-order chi connectivity index (χ0) is 19.2. The average molecular weight is 369 g/mol. The molecule has 1 heterocycles. The van der Waals surface area contributed by atoms with Crippen molar-refractivity contribution < 1.29 is 14.3 Å². The van der Waals surface area contributed by atoms with Gasteiger partial charge in [0.05, 0.1) is 26.2 Å². The minimum atomic E-state index is -0.169. The third kappa shape index (κ3) is 4.40. The molecule has 0 aromatic heterocycles. The van der Waals surface area contributed by atoms with E-state index in [4.69, 9.17) is 9.47 Å². The van der Waals surface area contributed by atoms with E-state index in [-0.39, 0.29) is 17.9 Å². The van der Waals surface area contributed by atoms with Gasteiger partial charge in [-0.15, -0.1) is 0 Å². The second-order valence-electron chi connectivity index (χ2n) is 6.61. The molecule has 1 aliphatic rings. The third-order valence-corrected chi connectivity index (χ3v) is 4.98. The summed E-state index contributed by atoms with van der Waals surface area (Å²) in [6, 6.07) is 14.0. The highest BCUT2D eigenvalue weighted by Gasteiger charge is 2.33. The number of hydrogen-bond donors (Lipinski definition) is 3. The normalized spacial score (nSPS) is 18.9. The van der Waals surface area contributed by atoms with Crippen molar-refractivity contribution in [2.24, 2.45) is 5.92 Å². The third-order valence-electron chi connectivity index (χ3n) is 4.98. The largest absolute Gasteiger partial charge is 0.493 e. The van der Waals surface area contributed by atoms with E-state index in [1.165, 1.54) is 5.56 Å². The number of nitrogens with one attached hydrogen (secondary N) is 3. The van der Waals surface area contributed by atoms with Crippen molar-refractivity contribution in [2.75, 3.05) is 20.8 Å². The Morgan fingerprint density at radius 1 is 1.07 bits per heavy atom. The summed E-state index contributed by atoms with van der Waals surface area (Å²) in [4.78, 5) is 12.8. The first-order valence-electron chi connectivity index (χ1n) is 9.22. The molecule has 2 aromatic carbocycles. The van der Waals surface area contributed by atoms with Gasteiger partial charge in [-0.05, 0) is 35.2 Å². The number of methoxy groups -OCH3 is 2. The molecule has 1 saturated heterocycles. The average Bonchev–Trinajstić information content (AvgIpc) is 3.21. The van der Waals surface area contributed by atoms with Gasteiger partial charge in [0, 0.05) is 13.1 Å². The molecular weight excluding hydrogens is 342 g/mol. The first kappa shape index (κ1) is 19.2. The Kier molecular flexibility index (Phi) is 6.32. The predicted octanol–water partition coefficient (Wildman–Crippen LogP) is 2.35. The van der Waals surface area contributed by atoms with Crippen LogP contribution in [0.1, 0.15) is 29.7 Å². The van der Waals surface area contributed by atoms with Crippen LogP contribution in [-0.4, -0.2) is 26.7 Å². The molecule has 3 N–H and O–H groups in total. The highest BCUT2D eigenvalue weighted by atomic mass is 16.5. The van der Waals surface area contributed by atoms with E-state index in [9.17, 15) is 4.79 Å². The molecule has 1 amide bonds. The number of aryl methyl sites for hydroxylation is 1. The summed E-state index contributed by atoms with van der Waals surface area (Å²) in [5.41, 5.74) is 9.71. The highest BCUT2D eigenvalue weighted by molar-refractivity contribution is 5.80. The van der Waals surface area contributed by atoms with Gasteiger partial charge in [0.2, 0.25) is 5.91 Å². The zero-order valence-electron chi connectivity index (χ0n) is 16.0. The van der Waals surface area contributed by atoms with Crippen LogP contribution in [-0.2, 0) is 17.8 Å². The van der Waals surface area contributed by atoms with Gasteiger partial charge >= 0.3 is 0 Å². The standard InChI is InChI=1S/C21H27N3O3/c1-4-14-5-8-16(9-6-14)20-17(13-23-24-20)21(25)22-12-15-7-10-18(26-2)19(11-15)27-3/h5-11,17,20,23-24H,4,12-13H2,1-3H3,(H,22,25). The fourth-order valence-corrected chi connectivity index (χ4v) is 3.33. The van der Waals surface area contributed by atoms with E-state index in [1.807, 2.05) is 18.2 Å². The van der Waals surface area contributed by atoms with Gasteiger partial charge in [-0.2, -0.15) is 0 Å². The quantitative estimate of drug-likeness (QED) is 0.699. The van der Waals surface area contributed by atoms with Crippen LogP contribution in [0.15, 0.2) is 42.5 Å². The van der Waals surface area contributed by atoms with E-state index in [0.717, 1.165) is 17.5 Å². The number of ether oxygens (including phenoxy) is 2. The first-order valence-corrected chi connectivity index (χ1v) is 9.22. The number of hydrazine groups is 1. The van der Waals surface area contributed by atoms with Crippen LogP contribution in [0.2, 0.25) is 0 Å². The number of amides is 1. The summed E-state index contributed by atoms with van der Waals surface area (Å²) >= 11 is 0. The minimum absolute atomic E-state index is 0.0202. The minimum Gasteiger partial charge on any atom is -0.493 e. The molecule has 3 rings (SSSR count). The highest BCUT2D eigenvalue weighted by Crippen LogP contribution is 2.28. The summed E-state index contributed by atoms with van der Waals surface area (Å²) in [7, 11) is 3.21. The molecule has 1 aliphatic heterocycles. The summed E-state index contributed by atoms with van der Waals surface area (Å²) in [6.07, 6.45) is 1.01. The topological polar surface area (TPSA) is 71.6 Å². The molecule has 6 heteroatoms. The Balaban J connectivity index is 1.64. The van der Waals surface area contributed by atoms with Crippen molar-refractivity contribution in [1.29, 1.82) is 0 Å². The van der Waals surface area contributed by atoms with Gasteiger partial charge in [0.15, 0.2) is 11.5 Å². The molecule has 0 saturated carbocycles. The van der Waals surface area contributed by atoms with E-state index in [0.29, 0.717) is 24.6 Å². The second-order valence-corrected chi connectivity index (χ2v) is 6.61. The lowest BCUT2D eigenvalue weighted by Crippen LogP contribution is -2.34. The summed E-state index contributed by atoms with van der Waals surface area (Å²) in [6.45, 7) is 3.17. The first-order chi connectivity index (χ1) is 13.2. The number of carbonyl (C=O) groups excluding carboxylic acids is 1. The lowest BCUT2D eigenvalue weighted by atomic mass is 9.93. The molecule has 144 valence electrons. The van der Waals surface area contributed by atoms with Gasteiger partial charge in [-0.25, -0.2) is 5.43 Å². The van der Waals surface area contributed by atoms with Crippen molar-refractivity contribution in [3.63, 3.8) is 0 Å². The van der Waals surface area contributed by atoms with Gasteiger partial charge in [0.1, 0.15) is 0 Å². The predicted molar refractivity (Wildman–Crippen MR) is 105 cm³/mol. The van der Waals surface area contributed by atoms with E-state index < -0.39 is 0 Å². The molecule has 2 unspecified atom stereocenters. The molecule has 0 radical (unpaired) electrons. The molecule has 6 nitrogen and oxygen atoms in total. The van der Waals surface area contributed by atoms with Gasteiger partial charge in [-0.1, -0.05) is 37.3 Å². The Morgan fingerprint density at radius 3 is 2.44 bits per heavy atom. The maximum absolute atomic E-state index is 12.8. The van der Waals surface area contributed by atoms with Gasteiger partial charge < -0.3 is 14.8 Å². The molecule has 0 bridgehead atoms. The molecule has 1 fully saturated rings. The zero-order valence-corrected chi connectivity index (χ0v) is 16.0. The van der Waals surface area contributed by atoms with Crippen molar-refractivity contribution >= 4 is 5.91 Å². The number of rotatable bonds is 7. The number of hydrogen-bond acceptors (Lipinski definition) is 5. The van der Waals surface area contributed by atoms with Crippen LogP contribution in [0.3, 0.4) is 0 Å². The molecule has 0 aliphatic carbocycles. The molecular formula is C21H27N3O3. The summed E-state index contributed by atoms with van der Waals surface area (Å²) in [5, 5.41) is 3.04. The smallest absolute Gasteiger partial charge is 0.226 e. The number of benzene rings is 2. The van der Waals surface area contributed by atoms with Crippen LogP contribution >= 0.6 is 0 Å². The summed E-state index contributed by atoms with van der Waals surface area (Å²) in [5.74, 6) is 1.18. The van der Waals surface area contributed by atoms with Gasteiger partial charge in [0.25, 0.3) is 0 Å². The monoisotopic (exact) mass is 369 g/mol. The van der Waals surface area contributed by atoms with Crippen LogP contribution in [0.4, 0.5) is 0 Å². The van der Waals surface area contributed by atoms with Crippen molar-refractivity contribution in [3.05, 3.63) is 59.2 Å². The Labute approximate surface area is 160 Å². The lowest BCUT2D eigenvalue weighted by molar-refractivity contribution is -0.125. The Morgan fingerprint density at radius 2 is 1.78 bits per heavy atom. The molecule has 2 atom stereocenters. The van der Waals surface area contributed by atoms with Crippen LogP contribution in [0.5, 0.6) is 11.5 Å². The Hall–Kier alpha value is -2.57. The summed E-state index contributed by atoms with van der Waals surface area (Å²) < 4.78 is 10.6. The second kappa shape index (κ2) is 8.88. The van der Waals surface area contributed by atoms with Crippen molar-refractivity contribution in [3.8, 4) is 11.5 Å². The van der Waals surface area contributed by atoms with E-state index in [1.54, 1.807) is 14.2 Å². The van der Waals surface area contributed by atoms with Crippen molar-refractivity contribution in [2.45, 2.75) is 25.9 Å². The molecule has 0 spiro atoms. The number of carbonyl (C=O) groups is 1. The van der Waals surface area contributed by atoms with Crippen LogP contribution < -0.4 is 25.6 Å². The van der Waals surface area contributed by atoms with Crippen molar-refractivity contribution in [1.82, 2.24) is 16.2 Å². The molecule has 27 heavy (non-hydrogen) atoms. The maximum Gasteiger partial charge on any atom is 0.226 e. The molecule has 2 aromatic rings. The maximum atomic E-state index is 12.8. The fraction of sp³-hybridized carbons (Fsp3) is 0.381. The van der Waals surface area contributed by atoms with Crippen LogP contribution in [0, 0.1) is 5.92 Å². The van der Waals surface area contributed by atoms with E-state index in [2.05, 4.69) is 47.4 Å². The van der Waals surface area contributed by atoms with Gasteiger partial charge in [-0.3, -0.25) is 10.2 Å². The SMILES string of the molecule is CCc1ccc(C2NNCC2C(=O)NCc2ccc(OC)c(OC)c2)cc1.